The minimum absolute atomic E-state index is 0.00354. The van der Waals surface area contributed by atoms with E-state index in [1.807, 2.05) is 42.5 Å². The molecular weight excluding hydrogens is 350 g/mol. The van der Waals surface area contributed by atoms with Crippen LogP contribution in [0.25, 0.3) is 0 Å². The highest BCUT2D eigenvalue weighted by atomic mass is 16.2. The zero-order valence-electron chi connectivity index (χ0n) is 15.1. The van der Waals surface area contributed by atoms with Gasteiger partial charge in [-0.1, -0.05) is 30.3 Å². The van der Waals surface area contributed by atoms with Gasteiger partial charge in [-0.3, -0.25) is 9.59 Å². The number of nitrogens with one attached hydrogen (secondary N) is 1. The predicted octanol–water partition coefficient (Wildman–Crippen LogP) is 3.97. The molecule has 0 aliphatic carbocycles. The first-order valence-corrected chi connectivity index (χ1v) is 8.92. The lowest BCUT2D eigenvalue weighted by Gasteiger charge is -2.15. The van der Waals surface area contributed by atoms with E-state index in [9.17, 15) is 9.59 Å². The van der Waals surface area contributed by atoms with Crippen LogP contribution in [0.1, 0.15) is 37.4 Å². The first-order valence-electron chi connectivity index (χ1n) is 8.92. The van der Waals surface area contributed by atoms with Crippen LogP contribution < -0.4 is 5.32 Å². The van der Waals surface area contributed by atoms with Crippen molar-refractivity contribution in [2.45, 2.75) is 13.1 Å². The topological polar surface area (TPSA) is 73.2 Å². The van der Waals surface area contributed by atoms with Crippen molar-refractivity contribution in [3.63, 3.8) is 0 Å². The molecule has 4 rings (SSSR count). The highest BCUT2D eigenvalue weighted by molar-refractivity contribution is 6.05. The minimum Gasteiger partial charge on any atom is -0.330 e. The molecule has 0 unspecified atom stereocenters. The first-order chi connectivity index (χ1) is 13.6. The van der Waals surface area contributed by atoms with E-state index in [2.05, 4.69) is 5.32 Å². The summed E-state index contributed by atoms with van der Waals surface area (Å²) in [6, 6.07) is 23.7. The minimum atomic E-state index is -0.255. The molecule has 28 heavy (non-hydrogen) atoms. The molecule has 2 amide bonds. The number of anilines is 1. The molecule has 0 radical (unpaired) electrons. The molecule has 0 atom stereocenters. The second-order valence-electron chi connectivity index (χ2n) is 6.66. The van der Waals surface area contributed by atoms with E-state index in [1.54, 1.807) is 41.3 Å². The number of nitriles is 1. The molecular formula is C23H17N3O2. The van der Waals surface area contributed by atoms with Crippen molar-refractivity contribution in [3.8, 4) is 6.07 Å². The third-order valence-corrected chi connectivity index (χ3v) is 4.73. The number of hydrogen-bond donors (Lipinski definition) is 1. The van der Waals surface area contributed by atoms with Crippen molar-refractivity contribution < 1.29 is 9.59 Å². The third kappa shape index (κ3) is 3.49. The van der Waals surface area contributed by atoms with Crippen LogP contribution in [0.2, 0.25) is 0 Å². The molecule has 0 bridgehead atoms. The summed E-state index contributed by atoms with van der Waals surface area (Å²) in [7, 11) is 0. The van der Waals surface area contributed by atoms with E-state index in [0.29, 0.717) is 35.5 Å². The van der Waals surface area contributed by atoms with Gasteiger partial charge >= 0.3 is 0 Å². The van der Waals surface area contributed by atoms with Crippen LogP contribution >= 0.6 is 0 Å². The predicted molar refractivity (Wildman–Crippen MR) is 106 cm³/mol. The van der Waals surface area contributed by atoms with Crippen LogP contribution in [0, 0.1) is 11.3 Å². The monoisotopic (exact) mass is 367 g/mol. The van der Waals surface area contributed by atoms with Gasteiger partial charge in [-0.15, -0.1) is 0 Å². The van der Waals surface area contributed by atoms with Gasteiger partial charge in [0.1, 0.15) is 0 Å². The summed E-state index contributed by atoms with van der Waals surface area (Å²) in [5.74, 6) is -0.251. The van der Waals surface area contributed by atoms with Crippen LogP contribution in [-0.2, 0) is 13.1 Å². The van der Waals surface area contributed by atoms with E-state index >= 15 is 0 Å². The average Bonchev–Trinajstić information content (AvgIpc) is 3.03. The maximum absolute atomic E-state index is 12.6. The summed E-state index contributed by atoms with van der Waals surface area (Å²) < 4.78 is 0. The van der Waals surface area contributed by atoms with Gasteiger partial charge in [0.15, 0.2) is 0 Å². The molecule has 3 aromatic carbocycles. The van der Waals surface area contributed by atoms with Gasteiger partial charge in [0.05, 0.1) is 11.6 Å². The van der Waals surface area contributed by atoms with Crippen molar-refractivity contribution in [3.05, 3.63) is 101 Å². The molecule has 0 saturated heterocycles. The first kappa shape index (κ1) is 17.5. The molecule has 0 fully saturated rings. The Bertz CT molecular complexity index is 1080. The number of rotatable bonds is 4. The maximum Gasteiger partial charge on any atom is 0.255 e. The number of amides is 2. The summed E-state index contributed by atoms with van der Waals surface area (Å²) in [6.45, 7) is 1.07. The fourth-order valence-electron chi connectivity index (χ4n) is 3.29. The molecule has 5 heteroatoms. The van der Waals surface area contributed by atoms with Crippen LogP contribution in [0.5, 0.6) is 0 Å². The highest BCUT2D eigenvalue weighted by Gasteiger charge is 2.27. The Morgan fingerprint density at radius 2 is 1.79 bits per heavy atom. The van der Waals surface area contributed by atoms with Gasteiger partial charge in [0, 0.05) is 29.9 Å². The lowest BCUT2D eigenvalue weighted by Crippen LogP contribution is -2.23. The van der Waals surface area contributed by atoms with Gasteiger partial charge in [0.2, 0.25) is 0 Å². The molecule has 0 spiro atoms. The largest absolute Gasteiger partial charge is 0.330 e. The van der Waals surface area contributed by atoms with E-state index in [0.717, 1.165) is 11.1 Å². The second-order valence-corrected chi connectivity index (χ2v) is 6.66. The summed E-state index contributed by atoms with van der Waals surface area (Å²) in [5, 5.41) is 11.7. The molecule has 0 aromatic heterocycles. The van der Waals surface area contributed by atoms with Crippen molar-refractivity contribution in [2.75, 3.05) is 5.32 Å². The van der Waals surface area contributed by atoms with E-state index < -0.39 is 0 Å². The molecule has 0 saturated carbocycles. The fourth-order valence-corrected chi connectivity index (χ4v) is 3.29. The Balaban J connectivity index is 1.48. The van der Waals surface area contributed by atoms with Crippen LogP contribution in [0.4, 0.5) is 5.69 Å². The summed E-state index contributed by atoms with van der Waals surface area (Å²) in [5.41, 5.74) is 4.28. The van der Waals surface area contributed by atoms with Gasteiger partial charge in [-0.2, -0.15) is 5.26 Å². The van der Waals surface area contributed by atoms with E-state index in [-0.39, 0.29) is 11.8 Å². The normalized spacial score (nSPS) is 12.4. The second kappa shape index (κ2) is 7.37. The Labute approximate surface area is 162 Å². The Kier molecular flexibility index (Phi) is 4.61. The number of hydrogen-bond acceptors (Lipinski definition) is 3. The zero-order valence-corrected chi connectivity index (χ0v) is 15.1. The number of carbonyl (C=O) groups excluding carboxylic acids is 2. The Morgan fingerprint density at radius 1 is 1.04 bits per heavy atom. The molecule has 5 nitrogen and oxygen atoms in total. The van der Waals surface area contributed by atoms with Crippen LogP contribution in [0.15, 0.2) is 72.8 Å². The SMILES string of the molecule is N#Cc1ccc(C(=O)Nc2ccc3c(c2)CN(Cc2ccccc2)C3=O)cc1. The zero-order chi connectivity index (χ0) is 19.5. The summed E-state index contributed by atoms with van der Waals surface area (Å²) in [4.78, 5) is 26.8. The maximum atomic E-state index is 12.6. The molecule has 136 valence electrons. The van der Waals surface area contributed by atoms with Gasteiger partial charge in [-0.05, 0) is 53.6 Å². The average molecular weight is 367 g/mol. The third-order valence-electron chi connectivity index (χ3n) is 4.73. The summed E-state index contributed by atoms with van der Waals surface area (Å²) in [6.07, 6.45) is 0. The molecule has 1 aliphatic rings. The summed E-state index contributed by atoms with van der Waals surface area (Å²) >= 11 is 0. The molecule has 1 heterocycles. The van der Waals surface area contributed by atoms with Crippen molar-refractivity contribution in [2.24, 2.45) is 0 Å². The fraction of sp³-hybridized carbons (Fsp3) is 0.0870. The number of fused-ring (bicyclic) bond motifs is 1. The van der Waals surface area contributed by atoms with Gasteiger partial charge in [0.25, 0.3) is 11.8 Å². The van der Waals surface area contributed by atoms with Gasteiger partial charge in [-0.25, -0.2) is 0 Å². The van der Waals surface area contributed by atoms with Crippen molar-refractivity contribution >= 4 is 17.5 Å². The lowest BCUT2D eigenvalue weighted by molar-refractivity contribution is 0.0766. The van der Waals surface area contributed by atoms with Crippen molar-refractivity contribution in [1.29, 1.82) is 5.26 Å². The number of carbonyl (C=O) groups is 2. The lowest BCUT2D eigenvalue weighted by atomic mass is 10.1. The smallest absolute Gasteiger partial charge is 0.255 e. The Morgan fingerprint density at radius 3 is 2.50 bits per heavy atom. The van der Waals surface area contributed by atoms with E-state index in [4.69, 9.17) is 5.26 Å². The standard InChI is InChI=1S/C23H17N3O2/c24-13-16-6-8-18(9-7-16)22(27)25-20-10-11-21-19(12-20)15-26(23(21)28)14-17-4-2-1-3-5-17/h1-12H,14-15H2,(H,25,27). The molecule has 1 aliphatic heterocycles. The van der Waals surface area contributed by atoms with Gasteiger partial charge < -0.3 is 10.2 Å². The number of benzene rings is 3. The quantitative estimate of drug-likeness (QED) is 0.758. The number of nitrogens with zero attached hydrogens (tertiary/aromatic N) is 2. The van der Waals surface area contributed by atoms with Crippen LogP contribution in [-0.4, -0.2) is 16.7 Å². The van der Waals surface area contributed by atoms with Crippen LogP contribution in [0.3, 0.4) is 0 Å². The Hall–Kier alpha value is -3.91. The molecule has 3 aromatic rings. The van der Waals surface area contributed by atoms with E-state index in [1.165, 1.54) is 0 Å². The highest BCUT2D eigenvalue weighted by Crippen LogP contribution is 2.27. The van der Waals surface area contributed by atoms with Crippen molar-refractivity contribution in [1.82, 2.24) is 4.90 Å². The molecule has 1 N–H and O–H groups in total.